The fourth-order valence-corrected chi connectivity index (χ4v) is 2.47. The van der Waals surface area contributed by atoms with E-state index in [1.807, 2.05) is 0 Å². The summed E-state index contributed by atoms with van der Waals surface area (Å²) in [5.41, 5.74) is 9.46. The molecule has 0 saturated heterocycles. The van der Waals surface area contributed by atoms with E-state index in [0.717, 1.165) is 30.8 Å². The number of nitrogens with zero attached hydrogens (tertiary/aromatic N) is 1. The average molecular weight is 291 g/mol. The minimum Gasteiger partial charge on any atom is -0.389 e. The predicted octanol–water partition coefficient (Wildman–Crippen LogP) is 3.30. The normalized spacial score (nSPS) is 14.4. The monoisotopic (exact) mass is 291 g/mol. The molecule has 0 unspecified atom stereocenters. The van der Waals surface area contributed by atoms with Crippen LogP contribution < -0.4 is 11.1 Å². The molecule has 0 aromatic carbocycles. The molecule has 2 rings (SSSR count). The second-order valence-corrected chi connectivity index (χ2v) is 7.14. The summed E-state index contributed by atoms with van der Waals surface area (Å²) in [6.07, 6.45) is 3.34. The number of aromatic nitrogens is 1. The molecule has 20 heavy (non-hydrogen) atoms. The van der Waals surface area contributed by atoms with Crippen LogP contribution in [0.5, 0.6) is 0 Å². The van der Waals surface area contributed by atoms with Crippen molar-refractivity contribution in [1.29, 1.82) is 0 Å². The van der Waals surface area contributed by atoms with E-state index in [1.165, 1.54) is 17.7 Å². The molecule has 0 amide bonds. The van der Waals surface area contributed by atoms with Gasteiger partial charge in [0.2, 0.25) is 0 Å². The fourth-order valence-electron chi connectivity index (χ4n) is 2.31. The number of fused-ring (bicyclic) bond motifs is 1. The molecule has 1 heterocycles. The Hall–Kier alpha value is -1.16. The van der Waals surface area contributed by atoms with Gasteiger partial charge in [0, 0.05) is 12.2 Å². The third-order valence-electron chi connectivity index (χ3n) is 4.59. The van der Waals surface area contributed by atoms with E-state index in [1.54, 1.807) is 0 Å². The lowest BCUT2D eigenvalue weighted by molar-refractivity contribution is 0.269. The topological polar surface area (TPSA) is 50.9 Å². The molecule has 0 spiro atoms. The molecule has 0 fully saturated rings. The van der Waals surface area contributed by atoms with Crippen molar-refractivity contribution in [2.75, 3.05) is 11.9 Å². The Labute approximate surface area is 127 Å². The highest BCUT2D eigenvalue weighted by Gasteiger charge is 2.24. The van der Waals surface area contributed by atoms with Gasteiger partial charge in [0.05, 0.1) is 5.56 Å². The molecule has 0 aliphatic heterocycles. The molecule has 4 heteroatoms. The Morgan fingerprint density at radius 1 is 1.45 bits per heavy atom. The molecule has 0 bridgehead atoms. The fraction of sp³-hybridized carbons (Fsp3) is 0.625. The van der Waals surface area contributed by atoms with Crippen LogP contribution in [-0.4, -0.2) is 16.5 Å². The third kappa shape index (κ3) is 3.11. The van der Waals surface area contributed by atoms with E-state index in [-0.39, 0.29) is 5.41 Å². The zero-order chi connectivity index (χ0) is 14.9. The number of nitrogens with one attached hydrogen (secondary N) is 1. The molecule has 110 valence electrons. The van der Waals surface area contributed by atoms with E-state index in [2.05, 4.69) is 39.1 Å². The number of anilines is 1. The predicted molar refractivity (Wildman–Crippen MR) is 89.3 cm³/mol. The van der Waals surface area contributed by atoms with Crippen molar-refractivity contribution in [3.8, 4) is 0 Å². The van der Waals surface area contributed by atoms with Gasteiger partial charge in [-0.3, -0.25) is 0 Å². The van der Waals surface area contributed by atoms with Crippen molar-refractivity contribution in [2.45, 2.75) is 47.0 Å². The molecular weight excluding hydrogens is 266 g/mol. The van der Waals surface area contributed by atoms with E-state index < -0.39 is 0 Å². The van der Waals surface area contributed by atoms with Gasteiger partial charge in [-0.05, 0) is 42.2 Å². The second kappa shape index (κ2) is 5.68. The smallest absolute Gasteiger partial charge is 0.136 e. The Morgan fingerprint density at radius 3 is 2.75 bits per heavy atom. The largest absolute Gasteiger partial charge is 0.389 e. The highest BCUT2D eigenvalue weighted by Crippen LogP contribution is 2.29. The lowest BCUT2D eigenvalue weighted by atomic mass is 9.81. The second-order valence-electron chi connectivity index (χ2n) is 6.70. The van der Waals surface area contributed by atoms with Crippen LogP contribution >= 0.6 is 12.2 Å². The van der Waals surface area contributed by atoms with Crippen molar-refractivity contribution in [1.82, 2.24) is 4.98 Å². The van der Waals surface area contributed by atoms with Gasteiger partial charge in [-0.25, -0.2) is 4.98 Å². The number of nitrogens with two attached hydrogens (primary N) is 1. The highest BCUT2D eigenvalue weighted by atomic mass is 32.1. The van der Waals surface area contributed by atoms with Crippen molar-refractivity contribution in [3.05, 3.63) is 22.9 Å². The molecule has 0 radical (unpaired) electrons. The molecule has 3 nitrogen and oxygen atoms in total. The number of aryl methyl sites for hydroxylation is 2. The average Bonchev–Trinajstić information content (AvgIpc) is 2.81. The van der Waals surface area contributed by atoms with E-state index in [0.29, 0.717) is 10.9 Å². The summed E-state index contributed by atoms with van der Waals surface area (Å²) in [5, 5.41) is 3.47. The Kier molecular flexibility index (Phi) is 4.33. The van der Waals surface area contributed by atoms with Crippen LogP contribution in [0.2, 0.25) is 0 Å². The van der Waals surface area contributed by atoms with Crippen LogP contribution in [0.4, 0.5) is 5.82 Å². The van der Waals surface area contributed by atoms with Gasteiger partial charge in [0.1, 0.15) is 10.8 Å². The van der Waals surface area contributed by atoms with Gasteiger partial charge in [0.25, 0.3) is 0 Å². The lowest BCUT2D eigenvalue weighted by Gasteiger charge is -2.30. The maximum atomic E-state index is 5.86. The van der Waals surface area contributed by atoms with E-state index >= 15 is 0 Å². The molecule has 1 aliphatic rings. The zero-order valence-electron chi connectivity index (χ0n) is 12.9. The first-order valence-electron chi connectivity index (χ1n) is 7.37. The first-order valence-corrected chi connectivity index (χ1v) is 7.78. The van der Waals surface area contributed by atoms with Gasteiger partial charge >= 0.3 is 0 Å². The summed E-state index contributed by atoms with van der Waals surface area (Å²) in [6, 6.07) is 2.13. The van der Waals surface area contributed by atoms with Gasteiger partial charge < -0.3 is 11.1 Å². The number of thiocarbonyl (C=S) groups is 1. The van der Waals surface area contributed by atoms with Crippen LogP contribution in [-0.2, 0) is 12.8 Å². The minimum atomic E-state index is 0.203. The van der Waals surface area contributed by atoms with Gasteiger partial charge in [-0.2, -0.15) is 0 Å². The summed E-state index contributed by atoms with van der Waals surface area (Å²) in [7, 11) is 0. The molecule has 3 N–H and O–H groups in total. The van der Waals surface area contributed by atoms with Gasteiger partial charge in [-0.1, -0.05) is 39.9 Å². The first kappa shape index (κ1) is 15.2. The Balaban J connectivity index is 2.25. The number of rotatable bonds is 5. The minimum absolute atomic E-state index is 0.203. The number of hydrogen-bond donors (Lipinski definition) is 2. The van der Waals surface area contributed by atoms with Crippen LogP contribution in [0.1, 0.15) is 50.9 Å². The summed E-state index contributed by atoms with van der Waals surface area (Å²) in [5.74, 6) is 1.45. The summed E-state index contributed by atoms with van der Waals surface area (Å²) >= 11 is 5.18. The SMILES string of the molecule is CC(C)C(C)(C)CNc1nc2c(cc1C(N)=S)CCC2. The molecule has 1 aliphatic carbocycles. The van der Waals surface area contributed by atoms with Crippen LogP contribution in [0.15, 0.2) is 6.07 Å². The maximum Gasteiger partial charge on any atom is 0.136 e. The van der Waals surface area contributed by atoms with Gasteiger partial charge in [0.15, 0.2) is 0 Å². The molecule has 0 atom stereocenters. The quantitative estimate of drug-likeness (QED) is 0.817. The summed E-state index contributed by atoms with van der Waals surface area (Å²) < 4.78 is 0. The number of pyridine rings is 1. The molecular formula is C16H25N3S. The summed E-state index contributed by atoms with van der Waals surface area (Å²) in [4.78, 5) is 5.19. The highest BCUT2D eigenvalue weighted by molar-refractivity contribution is 7.80. The van der Waals surface area contributed by atoms with Crippen molar-refractivity contribution >= 4 is 23.0 Å². The van der Waals surface area contributed by atoms with Crippen molar-refractivity contribution < 1.29 is 0 Å². The Bertz CT molecular complexity index is 521. The van der Waals surface area contributed by atoms with Crippen LogP contribution in [0.3, 0.4) is 0 Å². The summed E-state index contributed by atoms with van der Waals surface area (Å²) in [6.45, 7) is 9.88. The molecule has 0 saturated carbocycles. The maximum absolute atomic E-state index is 5.86. The molecule has 1 aromatic heterocycles. The third-order valence-corrected chi connectivity index (χ3v) is 4.81. The zero-order valence-corrected chi connectivity index (χ0v) is 13.7. The standard InChI is InChI=1S/C16H25N3S/c1-10(2)16(3,4)9-18-15-12(14(17)20)8-11-6-5-7-13(11)19-15/h8,10H,5-7,9H2,1-4H3,(H2,17,20)(H,18,19). The van der Waals surface area contributed by atoms with Crippen LogP contribution in [0, 0.1) is 11.3 Å². The Morgan fingerprint density at radius 2 is 2.15 bits per heavy atom. The lowest BCUT2D eigenvalue weighted by Crippen LogP contribution is -2.29. The van der Waals surface area contributed by atoms with E-state index in [4.69, 9.17) is 22.9 Å². The van der Waals surface area contributed by atoms with Crippen molar-refractivity contribution in [3.63, 3.8) is 0 Å². The first-order chi connectivity index (χ1) is 9.31. The molecule has 1 aromatic rings. The van der Waals surface area contributed by atoms with Gasteiger partial charge in [-0.15, -0.1) is 0 Å². The number of hydrogen-bond acceptors (Lipinski definition) is 3. The van der Waals surface area contributed by atoms with Crippen LogP contribution in [0.25, 0.3) is 0 Å². The van der Waals surface area contributed by atoms with E-state index in [9.17, 15) is 0 Å². The van der Waals surface area contributed by atoms with Crippen molar-refractivity contribution in [2.24, 2.45) is 17.1 Å².